The Morgan fingerprint density at radius 2 is 1.93 bits per heavy atom. The molecule has 7 heteroatoms. The quantitative estimate of drug-likeness (QED) is 0.629. The summed E-state index contributed by atoms with van der Waals surface area (Å²) in [4.78, 5) is 28.9. The highest BCUT2D eigenvalue weighted by Gasteiger charge is 2.19. The zero-order valence-corrected chi connectivity index (χ0v) is 16.2. The minimum atomic E-state index is -0.330. The molecule has 3 rings (SSSR count). The van der Waals surface area contributed by atoms with Gasteiger partial charge in [0.25, 0.3) is 11.6 Å². The first-order chi connectivity index (χ1) is 13.5. The normalized spacial score (nSPS) is 10.8. The van der Waals surface area contributed by atoms with E-state index >= 15 is 0 Å². The van der Waals surface area contributed by atoms with Crippen LogP contribution in [0.5, 0.6) is 0 Å². The van der Waals surface area contributed by atoms with Gasteiger partial charge in [-0.3, -0.25) is 9.59 Å². The number of aryl methyl sites for hydroxylation is 2. The third-order valence-electron chi connectivity index (χ3n) is 4.29. The molecule has 0 unspecified atom stereocenters. The van der Waals surface area contributed by atoms with Gasteiger partial charge in [-0.2, -0.15) is 0 Å². The van der Waals surface area contributed by atoms with Gasteiger partial charge in [-0.25, -0.2) is 4.98 Å². The molecule has 2 aromatic heterocycles. The van der Waals surface area contributed by atoms with Crippen molar-refractivity contribution in [3.63, 3.8) is 0 Å². The minimum absolute atomic E-state index is 0.118. The van der Waals surface area contributed by atoms with Crippen LogP contribution in [0, 0.1) is 13.8 Å². The van der Waals surface area contributed by atoms with Gasteiger partial charge in [-0.1, -0.05) is 41.9 Å². The van der Waals surface area contributed by atoms with Gasteiger partial charge in [0.2, 0.25) is 0 Å². The number of nitrogens with zero attached hydrogens (tertiary/aromatic N) is 2. The molecule has 146 valence electrons. The lowest BCUT2D eigenvalue weighted by Crippen LogP contribution is -2.27. The van der Waals surface area contributed by atoms with E-state index in [-0.39, 0.29) is 24.8 Å². The summed E-state index contributed by atoms with van der Waals surface area (Å²) in [5.74, 6) is -0.640. The van der Waals surface area contributed by atoms with Crippen LogP contribution in [0.25, 0.3) is 22.4 Å². The van der Waals surface area contributed by atoms with Crippen molar-refractivity contribution >= 4 is 23.0 Å². The number of carbonyl (C=O) groups excluding carboxylic acids is 2. The van der Waals surface area contributed by atoms with Crippen molar-refractivity contribution in [3.05, 3.63) is 47.2 Å². The maximum Gasteiger partial charge on any atom is 0.307 e. The molecule has 0 aliphatic carbocycles. The Morgan fingerprint density at radius 1 is 1.18 bits per heavy atom. The molecule has 0 saturated carbocycles. The first kappa shape index (κ1) is 19.5. The Morgan fingerprint density at radius 3 is 2.64 bits per heavy atom. The third-order valence-corrected chi connectivity index (χ3v) is 4.29. The fraction of sp³-hybridized carbons (Fsp3) is 0.333. The molecule has 2 heterocycles. The number of hydrogen-bond acceptors (Lipinski definition) is 6. The highest BCUT2D eigenvalue weighted by molar-refractivity contribution is 6.07. The van der Waals surface area contributed by atoms with E-state index in [0.717, 1.165) is 17.5 Å². The van der Waals surface area contributed by atoms with Crippen molar-refractivity contribution < 1.29 is 18.8 Å². The molecule has 0 aliphatic rings. The smallest absolute Gasteiger partial charge is 0.307 e. The van der Waals surface area contributed by atoms with Crippen molar-refractivity contribution in [2.75, 3.05) is 13.2 Å². The Hall–Kier alpha value is -3.22. The molecule has 1 amide bonds. The van der Waals surface area contributed by atoms with Crippen molar-refractivity contribution in [1.29, 1.82) is 0 Å². The highest BCUT2D eigenvalue weighted by atomic mass is 16.5. The number of carbonyl (C=O) groups is 2. The lowest BCUT2D eigenvalue weighted by Gasteiger charge is -2.09. The van der Waals surface area contributed by atoms with Gasteiger partial charge in [-0.15, -0.1) is 0 Å². The zero-order chi connectivity index (χ0) is 20.1. The first-order valence-corrected chi connectivity index (χ1v) is 9.27. The molecular weight excluding hydrogens is 358 g/mol. The molecule has 0 spiro atoms. The number of fused-ring (bicyclic) bond motifs is 1. The van der Waals surface area contributed by atoms with Crippen molar-refractivity contribution in [1.82, 2.24) is 15.5 Å². The number of pyridine rings is 1. The lowest BCUT2D eigenvalue weighted by atomic mass is 10.0. The van der Waals surface area contributed by atoms with Crippen LogP contribution >= 0.6 is 0 Å². The number of ether oxygens (including phenoxy) is 1. The lowest BCUT2D eigenvalue weighted by molar-refractivity contribution is -0.143. The van der Waals surface area contributed by atoms with Crippen LogP contribution in [-0.4, -0.2) is 35.2 Å². The molecule has 0 saturated heterocycles. The fourth-order valence-corrected chi connectivity index (χ4v) is 2.81. The second-order valence-corrected chi connectivity index (χ2v) is 6.60. The summed E-state index contributed by atoms with van der Waals surface area (Å²) in [6.45, 7) is 6.27. The molecule has 0 bridgehead atoms. The highest BCUT2D eigenvalue weighted by Crippen LogP contribution is 2.27. The molecule has 1 N–H and O–H groups in total. The van der Waals surface area contributed by atoms with Crippen LogP contribution in [0.4, 0.5) is 0 Å². The SMILES string of the molecule is CCCOC(=O)CCNC(=O)c1cc(-c2ccc(C)cc2)nc2onc(C)c12. The molecule has 0 aliphatic heterocycles. The topological polar surface area (TPSA) is 94.3 Å². The molecular formula is C21H23N3O4. The van der Waals surface area contributed by atoms with Gasteiger partial charge in [0.15, 0.2) is 0 Å². The maximum absolute atomic E-state index is 12.8. The molecule has 0 fully saturated rings. The number of hydrogen-bond donors (Lipinski definition) is 1. The molecule has 1 aromatic carbocycles. The monoisotopic (exact) mass is 381 g/mol. The summed E-state index contributed by atoms with van der Waals surface area (Å²) < 4.78 is 10.3. The Bertz CT molecular complexity index is 993. The summed E-state index contributed by atoms with van der Waals surface area (Å²) in [6, 6.07) is 9.57. The van der Waals surface area contributed by atoms with Gasteiger partial charge < -0.3 is 14.6 Å². The standard InChI is InChI=1S/C21H23N3O4/c1-4-11-27-18(25)9-10-22-20(26)16-12-17(15-7-5-13(2)6-8-15)23-21-19(16)14(3)24-28-21/h5-8,12H,4,9-11H2,1-3H3,(H,22,26). The Kier molecular flexibility index (Phi) is 6.03. The summed E-state index contributed by atoms with van der Waals surface area (Å²) in [7, 11) is 0. The van der Waals surface area contributed by atoms with Crippen molar-refractivity contribution in [2.24, 2.45) is 0 Å². The van der Waals surface area contributed by atoms with Gasteiger partial charge in [-0.05, 0) is 26.3 Å². The van der Waals surface area contributed by atoms with E-state index < -0.39 is 0 Å². The van der Waals surface area contributed by atoms with Gasteiger partial charge in [0.05, 0.1) is 35.4 Å². The van der Waals surface area contributed by atoms with Crippen molar-refractivity contribution in [3.8, 4) is 11.3 Å². The molecule has 0 radical (unpaired) electrons. The average molecular weight is 381 g/mol. The molecule has 7 nitrogen and oxygen atoms in total. The third kappa shape index (κ3) is 4.36. The van der Waals surface area contributed by atoms with Gasteiger partial charge >= 0.3 is 5.97 Å². The Labute approximate surface area is 163 Å². The summed E-state index contributed by atoms with van der Waals surface area (Å²) in [6.07, 6.45) is 0.884. The van der Waals surface area contributed by atoms with Crippen molar-refractivity contribution in [2.45, 2.75) is 33.6 Å². The van der Waals surface area contributed by atoms with E-state index in [0.29, 0.717) is 34.7 Å². The summed E-state index contributed by atoms with van der Waals surface area (Å²) in [5, 5.41) is 7.28. The predicted octanol–water partition coefficient (Wildman–Crippen LogP) is 3.58. The average Bonchev–Trinajstić information content (AvgIpc) is 3.07. The first-order valence-electron chi connectivity index (χ1n) is 9.27. The van der Waals surface area contributed by atoms with E-state index in [4.69, 9.17) is 9.26 Å². The second-order valence-electron chi connectivity index (χ2n) is 6.60. The second kappa shape index (κ2) is 8.65. The predicted molar refractivity (Wildman–Crippen MR) is 105 cm³/mol. The number of nitrogens with one attached hydrogen (secondary N) is 1. The van der Waals surface area contributed by atoms with Gasteiger partial charge in [0, 0.05) is 12.1 Å². The van der Waals surface area contributed by atoms with Crippen LogP contribution in [0.15, 0.2) is 34.9 Å². The van der Waals surface area contributed by atoms with E-state index in [1.807, 2.05) is 38.1 Å². The van der Waals surface area contributed by atoms with Crippen LogP contribution in [-0.2, 0) is 9.53 Å². The Balaban J connectivity index is 1.84. The molecule has 28 heavy (non-hydrogen) atoms. The van der Waals surface area contributed by atoms with E-state index in [9.17, 15) is 9.59 Å². The number of rotatable bonds is 7. The molecule has 3 aromatic rings. The zero-order valence-electron chi connectivity index (χ0n) is 16.2. The number of amides is 1. The van der Waals surface area contributed by atoms with E-state index in [2.05, 4.69) is 15.5 Å². The van der Waals surface area contributed by atoms with Crippen LogP contribution in [0.2, 0.25) is 0 Å². The number of esters is 1. The minimum Gasteiger partial charge on any atom is -0.466 e. The number of aromatic nitrogens is 2. The van der Waals surface area contributed by atoms with Crippen LogP contribution in [0.1, 0.15) is 41.4 Å². The maximum atomic E-state index is 12.8. The molecule has 0 atom stereocenters. The van der Waals surface area contributed by atoms with Gasteiger partial charge in [0.1, 0.15) is 0 Å². The van der Waals surface area contributed by atoms with E-state index in [1.54, 1.807) is 13.0 Å². The summed E-state index contributed by atoms with van der Waals surface area (Å²) in [5.41, 5.74) is 3.94. The van der Waals surface area contributed by atoms with Crippen LogP contribution < -0.4 is 5.32 Å². The van der Waals surface area contributed by atoms with Crippen LogP contribution in [0.3, 0.4) is 0 Å². The van der Waals surface area contributed by atoms with E-state index in [1.165, 1.54) is 0 Å². The fourth-order valence-electron chi connectivity index (χ4n) is 2.81. The largest absolute Gasteiger partial charge is 0.466 e. The summed E-state index contributed by atoms with van der Waals surface area (Å²) >= 11 is 0. The number of benzene rings is 1.